The molecule has 1 aliphatic rings. The average molecular weight is 373 g/mol. The van der Waals surface area contributed by atoms with Crippen LogP contribution in [0.25, 0.3) is 0 Å². The van der Waals surface area contributed by atoms with Gasteiger partial charge in [0.2, 0.25) is 0 Å². The van der Waals surface area contributed by atoms with Crippen LogP contribution in [-0.2, 0) is 0 Å². The Kier molecular flexibility index (Phi) is 3.89. The zero-order valence-corrected chi connectivity index (χ0v) is 13.8. The maximum absolute atomic E-state index is 6.23. The average Bonchev–Trinajstić information content (AvgIpc) is 3.19. The molecule has 1 N–H and O–H groups in total. The lowest BCUT2D eigenvalue weighted by Gasteiger charge is -2.11. The molecule has 1 aliphatic carbocycles. The molecule has 3 nitrogen and oxygen atoms in total. The van der Waals surface area contributed by atoms with Crippen LogP contribution >= 0.6 is 39.1 Å². The van der Waals surface area contributed by atoms with Crippen LogP contribution in [-0.4, -0.2) is 9.97 Å². The number of aryl methyl sites for hydroxylation is 1. The largest absolute Gasteiger partial charge is 0.339 e. The van der Waals surface area contributed by atoms with Gasteiger partial charge in [0.25, 0.3) is 0 Å². The molecule has 0 amide bonds. The van der Waals surface area contributed by atoms with E-state index in [9.17, 15) is 0 Å². The predicted molar refractivity (Wildman–Crippen MR) is 86.2 cm³/mol. The van der Waals surface area contributed by atoms with Crippen molar-refractivity contribution >= 4 is 50.6 Å². The third kappa shape index (κ3) is 3.08. The second-order valence-corrected chi connectivity index (χ2v) is 6.54. The molecule has 1 fully saturated rings. The first-order valence-electron chi connectivity index (χ1n) is 6.30. The molecule has 1 aromatic heterocycles. The Morgan fingerprint density at radius 2 is 1.90 bits per heavy atom. The fourth-order valence-corrected chi connectivity index (χ4v) is 2.73. The number of nitrogens with zero attached hydrogens (tertiary/aromatic N) is 2. The zero-order chi connectivity index (χ0) is 14.3. The molecule has 20 heavy (non-hydrogen) atoms. The maximum atomic E-state index is 6.23. The SMILES string of the molecule is Cc1cc(Cl)c(Nc2cc(Br)nc(C3CC3)n2)cc1Cl. The van der Waals surface area contributed by atoms with Crippen molar-refractivity contribution in [2.45, 2.75) is 25.7 Å². The standard InChI is InChI=1S/C14H12BrCl2N3/c1-7-4-10(17)11(5-9(7)16)18-13-6-12(15)19-14(20-13)8-2-3-8/h4-6,8H,2-3H2,1H3,(H,18,19,20). The molecule has 1 aromatic carbocycles. The summed E-state index contributed by atoms with van der Waals surface area (Å²) in [4.78, 5) is 8.93. The number of anilines is 2. The van der Waals surface area contributed by atoms with Crippen molar-refractivity contribution in [3.8, 4) is 0 Å². The van der Waals surface area contributed by atoms with Crippen LogP contribution in [0.3, 0.4) is 0 Å². The van der Waals surface area contributed by atoms with Crippen LogP contribution < -0.4 is 5.32 Å². The van der Waals surface area contributed by atoms with E-state index in [0.29, 0.717) is 16.0 Å². The molecule has 2 aromatic rings. The number of halogens is 3. The van der Waals surface area contributed by atoms with Crippen LogP contribution in [0.1, 0.15) is 30.1 Å². The van der Waals surface area contributed by atoms with Gasteiger partial charge in [0.15, 0.2) is 0 Å². The summed E-state index contributed by atoms with van der Waals surface area (Å²) in [6.07, 6.45) is 2.32. The molecule has 0 unspecified atom stereocenters. The first kappa shape index (κ1) is 14.1. The molecule has 1 saturated carbocycles. The van der Waals surface area contributed by atoms with Gasteiger partial charge in [-0.2, -0.15) is 0 Å². The summed E-state index contributed by atoms with van der Waals surface area (Å²) in [7, 11) is 0. The van der Waals surface area contributed by atoms with Crippen molar-refractivity contribution in [1.29, 1.82) is 0 Å². The molecule has 3 rings (SSSR count). The van der Waals surface area contributed by atoms with Gasteiger partial charge in [0.1, 0.15) is 16.2 Å². The number of rotatable bonds is 3. The molecule has 0 aliphatic heterocycles. The topological polar surface area (TPSA) is 37.8 Å². The van der Waals surface area contributed by atoms with E-state index >= 15 is 0 Å². The monoisotopic (exact) mass is 371 g/mol. The molecule has 6 heteroatoms. The summed E-state index contributed by atoms with van der Waals surface area (Å²) >= 11 is 15.8. The molecular formula is C14H12BrCl2N3. The third-order valence-electron chi connectivity index (χ3n) is 3.17. The lowest BCUT2D eigenvalue weighted by atomic mass is 10.2. The summed E-state index contributed by atoms with van der Waals surface area (Å²) in [5.41, 5.74) is 1.69. The van der Waals surface area contributed by atoms with Crippen molar-refractivity contribution < 1.29 is 0 Å². The summed E-state index contributed by atoms with van der Waals surface area (Å²) in [5, 5.41) is 4.50. The fourth-order valence-electron chi connectivity index (χ4n) is 1.90. The highest BCUT2D eigenvalue weighted by atomic mass is 79.9. The normalized spacial score (nSPS) is 14.4. The van der Waals surface area contributed by atoms with Crippen LogP contribution in [0.15, 0.2) is 22.8 Å². The van der Waals surface area contributed by atoms with Crippen molar-refractivity contribution in [3.63, 3.8) is 0 Å². The molecule has 0 atom stereocenters. The van der Waals surface area contributed by atoms with Gasteiger partial charge in [-0.1, -0.05) is 23.2 Å². The second-order valence-electron chi connectivity index (χ2n) is 4.91. The third-order valence-corrected chi connectivity index (χ3v) is 4.29. The fraction of sp³-hybridized carbons (Fsp3) is 0.286. The number of hydrogen-bond donors (Lipinski definition) is 1. The Bertz CT molecular complexity index is 672. The minimum Gasteiger partial charge on any atom is -0.339 e. The molecule has 0 spiro atoms. The highest BCUT2D eigenvalue weighted by Gasteiger charge is 2.27. The van der Waals surface area contributed by atoms with Gasteiger partial charge in [0, 0.05) is 17.0 Å². The summed E-state index contributed by atoms with van der Waals surface area (Å²) < 4.78 is 0.770. The van der Waals surface area contributed by atoms with Gasteiger partial charge in [-0.05, 0) is 53.4 Å². The van der Waals surface area contributed by atoms with Crippen LogP contribution in [0.4, 0.5) is 11.5 Å². The quantitative estimate of drug-likeness (QED) is 0.725. The minimum atomic E-state index is 0.491. The van der Waals surface area contributed by atoms with E-state index < -0.39 is 0 Å². The van der Waals surface area contributed by atoms with E-state index in [1.807, 2.05) is 25.1 Å². The smallest absolute Gasteiger partial charge is 0.135 e. The van der Waals surface area contributed by atoms with Crippen molar-refractivity contribution in [1.82, 2.24) is 9.97 Å². The number of nitrogens with one attached hydrogen (secondary N) is 1. The van der Waals surface area contributed by atoms with Gasteiger partial charge in [-0.15, -0.1) is 0 Å². The molecule has 0 radical (unpaired) electrons. The zero-order valence-electron chi connectivity index (χ0n) is 10.8. The summed E-state index contributed by atoms with van der Waals surface area (Å²) in [6, 6.07) is 5.48. The van der Waals surface area contributed by atoms with E-state index in [4.69, 9.17) is 23.2 Å². The first-order valence-corrected chi connectivity index (χ1v) is 7.85. The Morgan fingerprint density at radius 1 is 1.15 bits per heavy atom. The van der Waals surface area contributed by atoms with E-state index in [1.54, 1.807) is 0 Å². The van der Waals surface area contributed by atoms with Gasteiger partial charge in [-0.3, -0.25) is 0 Å². The first-order chi connectivity index (χ1) is 9.52. The van der Waals surface area contributed by atoms with Gasteiger partial charge >= 0.3 is 0 Å². The summed E-state index contributed by atoms with van der Waals surface area (Å²) in [6.45, 7) is 1.92. The Hall–Kier alpha value is -0.840. The maximum Gasteiger partial charge on any atom is 0.135 e. The van der Waals surface area contributed by atoms with Crippen molar-refractivity contribution in [3.05, 3.63) is 44.2 Å². The highest BCUT2D eigenvalue weighted by molar-refractivity contribution is 9.10. The number of hydrogen-bond acceptors (Lipinski definition) is 3. The lowest BCUT2D eigenvalue weighted by Crippen LogP contribution is -2.00. The molecule has 104 valence electrons. The predicted octanol–water partition coefficient (Wildman–Crippen LogP) is 5.48. The molecule has 0 saturated heterocycles. The Morgan fingerprint density at radius 3 is 2.60 bits per heavy atom. The van der Waals surface area contributed by atoms with Gasteiger partial charge < -0.3 is 5.32 Å². The van der Waals surface area contributed by atoms with E-state index in [1.165, 1.54) is 0 Å². The van der Waals surface area contributed by atoms with Crippen molar-refractivity contribution in [2.24, 2.45) is 0 Å². The number of benzene rings is 1. The number of aromatic nitrogens is 2. The lowest BCUT2D eigenvalue weighted by molar-refractivity contribution is 0.919. The van der Waals surface area contributed by atoms with Crippen molar-refractivity contribution in [2.75, 3.05) is 5.32 Å². The second kappa shape index (κ2) is 5.51. The van der Waals surface area contributed by atoms with E-state index in [2.05, 4.69) is 31.2 Å². The van der Waals surface area contributed by atoms with E-state index in [0.717, 1.165) is 40.3 Å². The Labute approximate surface area is 135 Å². The minimum absolute atomic E-state index is 0.491. The molecule has 1 heterocycles. The summed E-state index contributed by atoms with van der Waals surface area (Å²) in [5.74, 6) is 2.08. The van der Waals surface area contributed by atoms with Gasteiger partial charge in [0.05, 0.1) is 10.7 Å². The Balaban J connectivity index is 1.92. The van der Waals surface area contributed by atoms with Crippen LogP contribution in [0.2, 0.25) is 10.0 Å². The molecular weight excluding hydrogens is 361 g/mol. The van der Waals surface area contributed by atoms with E-state index in [-0.39, 0.29) is 0 Å². The molecule has 0 bridgehead atoms. The highest BCUT2D eigenvalue weighted by Crippen LogP contribution is 2.39. The van der Waals surface area contributed by atoms with Gasteiger partial charge in [-0.25, -0.2) is 9.97 Å². The van der Waals surface area contributed by atoms with Crippen LogP contribution in [0, 0.1) is 6.92 Å². The van der Waals surface area contributed by atoms with Crippen LogP contribution in [0.5, 0.6) is 0 Å².